The van der Waals surface area contributed by atoms with Crippen LogP contribution in [0.25, 0.3) is 0 Å². The topological polar surface area (TPSA) is 47.4 Å². The molecule has 136 valence electrons. The SMILES string of the molecule is BC(B)(Oc1cc2n(c(=O)n1)CC(C)(C)N2CC)c1cccc(F)c1F. The summed E-state index contributed by atoms with van der Waals surface area (Å²) in [5.74, 6) is -1.11. The van der Waals surface area contributed by atoms with Gasteiger partial charge in [0.1, 0.15) is 5.82 Å². The largest absolute Gasteiger partial charge is 0.485 e. The molecule has 0 radical (unpaired) electrons. The Morgan fingerprint density at radius 2 is 2.04 bits per heavy atom. The molecule has 1 aliphatic heterocycles. The van der Waals surface area contributed by atoms with E-state index in [1.54, 1.807) is 26.3 Å². The van der Waals surface area contributed by atoms with Crippen LogP contribution in [-0.4, -0.2) is 37.3 Å². The van der Waals surface area contributed by atoms with Gasteiger partial charge in [-0.05, 0) is 26.8 Å². The molecule has 0 aliphatic carbocycles. The van der Waals surface area contributed by atoms with Gasteiger partial charge in [0.05, 0.1) is 17.5 Å². The molecule has 26 heavy (non-hydrogen) atoms. The zero-order valence-electron chi connectivity index (χ0n) is 15.6. The Bertz CT molecular complexity index is 915. The summed E-state index contributed by atoms with van der Waals surface area (Å²) in [5.41, 5.74) is -0.574. The van der Waals surface area contributed by atoms with Crippen LogP contribution in [0.4, 0.5) is 14.6 Å². The van der Waals surface area contributed by atoms with Crippen molar-refractivity contribution in [2.45, 2.75) is 38.3 Å². The van der Waals surface area contributed by atoms with Crippen LogP contribution in [0.3, 0.4) is 0 Å². The van der Waals surface area contributed by atoms with E-state index in [4.69, 9.17) is 4.74 Å². The van der Waals surface area contributed by atoms with E-state index < -0.39 is 22.7 Å². The molecule has 0 N–H and O–H groups in total. The minimum absolute atomic E-state index is 0.0626. The van der Waals surface area contributed by atoms with Crippen LogP contribution in [0.2, 0.25) is 0 Å². The third kappa shape index (κ3) is 2.99. The molecular weight excluding hydrogens is 338 g/mol. The predicted octanol–water partition coefficient (Wildman–Crippen LogP) is 0.595. The molecule has 0 amide bonds. The van der Waals surface area contributed by atoms with Crippen LogP contribution >= 0.6 is 0 Å². The van der Waals surface area contributed by atoms with Crippen molar-refractivity contribution < 1.29 is 13.5 Å². The fourth-order valence-electron chi connectivity index (χ4n) is 3.56. The smallest absolute Gasteiger partial charge is 0.352 e. The lowest BCUT2D eigenvalue weighted by Crippen LogP contribution is -2.41. The molecule has 0 saturated carbocycles. The van der Waals surface area contributed by atoms with E-state index in [-0.39, 0.29) is 17.0 Å². The Hall–Kier alpha value is -2.31. The molecule has 0 bridgehead atoms. The van der Waals surface area contributed by atoms with Crippen LogP contribution in [0.5, 0.6) is 5.88 Å². The number of benzene rings is 1. The zero-order chi connectivity index (χ0) is 19.3. The van der Waals surface area contributed by atoms with E-state index in [9.17, 15) is 13.6 Å². The average molecular weight is 359 g/mol. The fraction of sp³-hybridized carbons (Fsp3) is 0.412. The first-order chi connectivity index (χ1) is 12.1. The molecule has 2 aromatic rings. The second kappa shape index (κ2) is 6.14. The number of anilines is 1. The monoisotopic (exact) mass is 359 g/mol. The summed E-state index contributed by atoms with van der Waals surface area (Å²) in [6.07, 6.45) is 0. The molecular formula is C17H21B2F2N3O2. The Morgan fingerprint density at radius 3 is 2.69 bits per heavy atom. The Labute approximate surface area is 152 Å². The lowest BCUT2D eigenvalue weighted by molar-refractivity contribution is 0.225. The number of likely N-dealkylation sites (N-methyl/N-ethyl adjacent to an activating group) is 1. The molecule has 3 rings (SSSR count). The normalized spacial score (nSPS) is 15.8. The second-order valence-electron chi connectivity index (χ2n) is 7.59. The van der Waals surface area contributed by atoms with Crippen LogP contribution < -0.4 is 15.3 Å². The van der Waals surface area contributed by atoms with Gasteiger partial charge in [0.25, 0.3) is 0 Å². The molecule has 9 heteroatoms. The lowest BCUT2D eigenvalue weighted by Gasteiger charge is -2.31. The van der Waals surface area contributed by atoms with Gasteiger partial charge in [0.2, 0.25) is 5.88 Å². The van der Waals surface area contributed by atoms with Crippen LogP contribution in [0, 0.1) is 11.6 Å². The minimum Gasteiger partial charge on any atom is -0.485 e. The van der Waals surface area contributed by atoms with Crippen LogP contribution in [-0.2, 0) is 11.9 Å². The first kappa shape index (κ1) is 18.5. The number of ether oxygens (including phenoxy) is 1. The number of hydrogen-bond acceptors (Lipinski definition) is 4. The molecule has 0 saturated heterocycles. The van der Waals surface area contributed by atoms with Crippen molar-refractivity contribution in [3.05, 3.63) is 51.9 Å². The van der Waals surface area contributed by atoms with Gasteiger partial charge >= 0.3 is 5.69 Å². The summed E-state index contributed by atoms with van der Waals surface area (Å²) < 4.78 is 35.2. The van der Waals surface area contributed by atoms with Crippen molar-refractivity contribution in [3.8, 4) is 5.88 Å². The summed E-state index contributed by atoms with van der Waals surface area (Å²) in [6.45, 7) is 7.36. The van der Waals surface area contributed by atoms with Crippen molar-refractivity contribution in [1.29, 1.82) is 0 Å². The maximum atomic E-state index is 14.2. The molecule has 1 aromatic heterocycles. The van der Waals surface area contributed by atoms with Crippen molar-refractivity contribution in [1.82, 2.24) is 9.55 Å². The van der Waals surface area contributed by atoms with E-state index >= 15 is 0 Å². The van der Waals surface area contributed by atoms with Crippen molar-refractivity contribution in [2.75, 3.05) is 11.4 Å². The molecule has 0 unspecified atom stereocenters. The van der Waals surface area contributed by atoms with Gasteiger partial charge in [-0.25, -0.2) is 13.6 Å². The Morgan fingerprint density at radius 1 is 1.35 bits per heavy atom. The highest BCUT2D eigenvalue weighted by atomic mass is 19.2. The molecule has 0 fully saturated rings. The van der Waals surface area contributed by atoms with Crippen molar-refractivity contribution >= 4 is 21.5 Å². The van der Waals surface area contributed by atoms with Crippen molar-refractivity contribution in [3.63, 3.8) is 0 Å². The van der Waals surface area contributed by atoms with Crippen molar-refractivity contribution in [2.24, 2.45) is 0 Å². The lowest BCUT2D eigenvalue weighted by atomic mass is 9.61. The molecule has 1 aliphatic rings. The van der Waals surface area contributed by atoms with E-state index in [1.807, 2.05) is 6.92 Å². The number of aromatic nitrogens is 2. The van der Waals surface area contributed by atoms with Gasteiger partial charge < -0.3 is 9.64 Å². The predicted molar refractivity (Wildman–Crippen MR) is 101 cm³/mol. The Kier molecular flexibility index (Phi) is 4.37. The fourth-order valence-corrected chi connectivity index (χ4v) is 3.56. The zero-order valence-corrected chi connectivity index (χ0v) is 15.6. The molecule has 0 spiro atoms. The Balaban J connectivity index is 2.01. The molecule has 5 nitrogen and oxygen atoms in total. The highest BCUT2D eigenvalue weighted by Gasteiger charge is 2.37. The summed E-state index contributed by atoms with van der Waals surface area (Å²) in [4.78, 5) is 18.5. The number of halogens is 2. The third-order valence-corrected chi connectivity index (χ3v) is 4.79. The van der Waals surface area contributed by atoms with E-state index in [1.165, 1.54) is 12.1 Å². The van der Waals surface area contributed by atoms with E-state index in [0.717, 1.165) is 12.6 Å². The van der Waals surface area contributed by atoms with Gasteiger partial charge in [-0.2, -0.15) is 4.98 Å². The van der Waals surface area contributed by atoms with Gasteiger partial charge in [-0.1, -0.05) is 12.1 Å². The van der Waals surface area contributed by atoms with Crippen LogP contribution in [0.1, 0.15) is 26.3 Å². The number of hydrogen-bond donors (Lipinski definition) is 0. The maximum absolute atomic E-state index is 14.2. The van der Waals surface area contributed by atoms with Gasteiger partial charge in [0.15, 0.2) is 27.3 Å². The van der Waals surface area contributed by atoms with E-state index in [2.05, 4.69) is 23.7 Å². The first-order valence-electron chi connectivity index (χ1n) is 8.60. The van der Waals surface area contributed by atoms with Gasteiger partial charge in [0, 0.05) is 18.2 Å². The summed E-state index contributed by atoms with van der Waals surface area (Å²) in [5, 5.41) is -1.20. The van der Waals surface area contributed by atoms with E-state index in [0.29, 0.717) is 12.4 Å². The summed E-state index contributed by atoms with van der Waals surface area (Å²) >= 11 is 0. The summed E-state index contributed by atoms with van der Waals surface area (Å²) in [6, 6.07) is 5.61. The standard InChI is InChI=1S/C17H21B2F2N3O2/c1-4-24-13-8-12(22-15(25)23(13)9-16(24,2)3)26-17(18,19)10-6-5-7-11(20)14(10)21/h5-8H,4,9,18-19H2,1-3H3. The number of rotatable bonds is 4. The number of nitrogens with zero attached hydrogens (tertiary/aromatic N) is 3. The molecule has 1 aromatic carbocycles. The molecule has 0 atom stereocenters. The quantitative estimate of drug-likeness (QED) is 0.751. The average Bonchev–Trinajstić information content (AvgIpc) is 2.79. The highest BCUT2D eigenvalue weighted by molar-refractivity contribution is 6.39. The van der Waals surface area contributed by atoms with Crippen LogP contribution in [0.15, 0.2) is 29.1 Å². The second-order valence-corrected chi connectivity index (χ2v) is 7.59. The van der Waals surface area contributed by atoms with Gasteiger partial charge in [-0.15, -0.1) is 0 Å². The first-order valence-corrected chi connectivity index (χ1v) is 8.60. The maximum Gasteiger partial charge on any atom is 0.352 e. The number of fused-ring (bicyclic) bond motifs is 1. The molecule has 2 heterocycles. The summed E-state index contributed by atoms with van der Waals surface area (Å²) in [7, 11) is 3.22. The van der Waals surface area contributed by atoms with Gasteiger partial charge in [-0.3, -0.25) is 4.57 Å². The minimum atomic E-state index is -1.20. The third-order valence-electron chi connectivity index (χ3n) is 4.79. The highest BCUT2D eigenvalue weighted by Crippen LogP contribution is 2.34.